The molecule has 2 aromatic rings. The molecule has 2 rings (SSSR count). The number of hydrogen-bond donors (Lipinski definition) is 0. The minimum absolute atomic E-state index is 0.0127. The highest BCUT2D eigenvalue weighted by molar-refractivity contribution is 6.06. The highest BCUT2D eigenvalue weighted by Gasteiger charge is 2.00. The van der Waals surface area contributed by atoms with Crippen molar-refractivity contribution in [1.29, 1.82) is 0 Å². The molecule has 0 aliphatic heterocycles. The van der Waals surface area contributed by atoms with Gasteiger partial charge in [-0.2, -0.15) is 0 Å². The lowest BCUT2D eigenvalue weighted by atomic mass is 10.1. The van der Waals surface area contributed by atoms with E-state index in [1.54, 1.807) is 31.4 Å². The summed E-state index contributed by atoms with van der Waals surface area (Å²) in [5.74, 6) is 0.752. The van der Waals surface area contributed by atoms with Gasteiger partial charge in [-0.25, -0.2) is 0 Å². The number of benzene rings is 2. The van der Waals surface area contributed by atoms with Crippen LogP contribution in [-0.4, -0.2) is 26.1 Å². The normalized spacial score (nSPS) is 10.7. The molecular formula is C18H18O3. The van der Waals surface area contributed by atoms with Gasteiger partial charge in [0.2, 0.25) is 0 Å². The van der Waals surface area contributed by atoms with Crippen LogP contribution < -0.4 is 4.74 Å². The predicted octanol–water partition coefficient (Wildman–Crippen LogP) is 3.61. The fourth-order valence-corrected chi connectivity index (χ4v) is 1.82. The van der Waals surface area contributed by atoms with E-state index < -0.39 is 0 Å². The predicted molar refractivity (Wildman–Crippen MR) is 83.6 cm³/mol. The van der Waals surface area contributed by atoms with Gasteiger partial charge in [-0.3, -0.25) is 4.79 Å². The van der Waals surface area contributed by atoms with E-state index in [9.17, 15) is 4.79 Å². The summed E-state index contributed by atoms with van der Waals surface area (Å²) >= 11 is 0. The molecule has 0 aromatic heterocycles. The molecule has 0 saturated carbocycles. The molecule has 21 heavy (non-hydrogen) atoms. The van der Waals surface area contributed by atoms with Crippen molar-refractivity contribution in [3.8, 4) is 5.75 Å². The van der Waals surface area contributed by atoms with Crippen molar-refractivity contribution in [3.63, 3.8) is 0 Å². The van der Waals surface area contributed by atoms with Gasteiger partial charge >= 0.3 is 0 Å². The fraction of sp³-hybridized carbons (Fsp3) is 0.167. The largest absolute Gasteiger partial charge is 0.491 e. The van der Waals surface area contributed by atoms with Crippen LogP contribution in [0.5, 0.6) is 5.75 Å². The van der Waals surface area contributed by atoms with Crippen molar-refractivity contribution in [3.05, 3.63) is 71.8 Å². The zero-order valence-corrected chi connectivity index (χ0v) is 12.0. The van der Waals surface area contributed by atoms with E-state index in [4.69, 9.17) is 9.47 Å². The minimum atomic E-state index is -0.0127. The van der Waals surface area contributed by atoms with E-state index in [2.05, 4.69) is 0 Å². The summed E-state index contributed by atoms with van der Waals surface area (Å²) in [4.78, 5) is 12.0. The molecule has 0 N–H and O–H groups in total. The maximum Gasteiger partial charge on any atom is 0.185 e. The Hall–Kier alpha value is -2.39. The summed E-state index contributed by atoms with van der Waals surface area (Å²) in [5, 5.41) is 0. The highest BCUT2D eigenvalue weighted by atomic mass is 16.5. The molecule has 0 fully saturated rings. The molecular weight excluding hydrogens is 264 g/mol. The Bertz CT molecular complexity index is 603. The van der Waals surface area contributed by atoms with Crippen LogP contribution in [0.2, 0.25) is 0 Å². The summed E-state index contributed by atoms with van der Waals surface area (Å²) in [6, 6.07) is 16.8. The monoisotopic (exact) mass is 282 g/mol. The maximum atomic E-state index is 12.0. The third kappa shape index (κ3) is 4.89. The quantitative estimate of drug-likeness (QED) is 0.442. The number of carbonyl (C=O) groups is 1. The van der Waals surface area contributed by atoms with Crippen molar-refractivity contribution in [2.24, 2.45) is 0 Å². The third-order valence-corrected chi connectivity index (χ3v) is 2.90. The van der Waals surface area contributed by atoms with Gasteiger partial charge in [0.25, 0.3) is 0 Å². The number of allylic oxidation sites excluding steroid dienone is 1. The van der Waals surface area contributed by atoms with Crippen LogP contribution in [0.1, 0.15) is 15.9 Å². The Labute approximate surface area is 124 Å². The molecule has 0 amide bonds. The first-order valence-corrected chi connectivity index (χ1v) is 6.79. The van der Waals surface area contributed by atoms with Gasteiger partial charge in [0.15, 0.2) is 5.78 Å². The van der Waals surface area contributed by atoms with Crippen molar-refractivity contribution >= 4 is 11.9 Å². The second kappa shape index (κ2) is 8.02. The third-order valence-electron chi connectivity index (χ3n) is 2.90. The van der Waals surface area contributed by atoms with Crippen LogP contribution in [0.25, 0.3) is 6.08 Å². The van der Waals surface area contributed by atoms with Crippen molar-refractivity contribution in [2.75, 3.05) is 20.3 Å². The van der Waals surface area contributed by atoms with Gasteiger partial charge in [-0.05, 0) is 23.8 Å². The van der Waals surface area contributed by atoms with E-state index in [-0.39, 0.29) is 5.78 Å². The highest BCUT2D eigenvalue weighted by Crippen LogP contribution is 2.15. The Morgan fingerprint density at radius 3 is 2.62 bits per heavy atom. The smallest absolute Gasteiger partial charge is 0.185 e. The Morgan fingerprint density at radius 1 is 1.05 bits per heavy atom. The van der Waals surface area contributed by atoms with Crippen molar-refractivity contribution in [2.45, 2.75) is 0 Å². The minimum Gasteiger partial charge on any atom is -0.491 e. The standard InChI is InChI=1S/C18H18O3/c1-20-12-13-21-17-9-5-6-15(14-17)10-11-18(19)16-7-3-2-4-8-16/h2-11,14H,12-13H2,1H3/b11-10+. The lowest BCUT2D eigenvalue weighted by Gasteiger charge is -2.05. The van der Waals surface area contributed by atoms with Crippen LogP contribution in [0.4, 0.5) is 0 Å². The maximum absolute atomic E-state index is 12.0. The topological polar surface area (TPSA) is 35.5 Å². The Morgan fingerprint density at radius 2 is 1.86 bits per heavy atom. The molecule has 3 nitrogen and oxygen atoms in total. The number of hydrogen-bond acceptors (Lipinski definition) is 3. The van der Waals surface area contributed by atoms with Crippen LogP contribution in [0, 0.1) is 0 Å². The van der Waals surface area contributed by atoms with Gasteiger partial charge in [0.1, 0.15) is 12.4 Å². The molecule has 0 aliphatic carbocycles. The van der Waals surface area contributed by atoms with Crippen LogP contribution in [0.3, 0.4) is 0 Å². The number of methoxy groups -OCH3 is 1. The second-order valence-corrected chi connectivity index (χ2v) is 4.48. The average Bonchev–Trinajstić information content (AvgIpc) is 2.54. The van der Waals surface area contributed by atoms with Gasteiger partial charge < -0.3 is 9.47 Å². The molecule has 0 radical (unpaired) electrons. The van der Waals surface area contributed by atoms with Gasteiger partial charge in [0.05, 0.1) is 6.61 Å². The molecule has 0 aliphatic rings. The molecule has 0 saturated heterocycles. The zero-order valence-electron chi connectivity index (χ0n) is 12.0. The van der Waals surface area contributed by atoms with Crippen LogP contribution in [-0.2, 0) is 4.74 Å². The lowest BCUT2D eigenvalue weighted by molar-refractivity contribution is 0.104. The molecule has 108 valence electrons. The van der Waals surface area contributed by atoms with E-state index in [1.807, 2.05) is 42.5 Å². The molecule has 3 heteroatoms. The van der Waals surface area contributed by atoms with Crippen LogP contribution >= 0.6 is 0 Å². The molecule has 2 aromatic carbocycles. The first-order chi connectivity index (χ1) is 10.3. The fourth-order valence-electron chi connectivity index (χ4n) is 1.82. The molecule has 0 spiro atoms. The summed E-state index contributed by atoms with van der Waals surface area (Å²) in [6.45, 7) is 1.05. The second-order valence-electron chi connectivity index (χ2n) is 4.48. The summed E-state index contributed by atoms with van der Waals surface area (Å²) in [6.07, 6.45) is 3.36. The Balaban J connectivity index is 2.00. The Kier molecular flexibility index (Phi) is 5.73. The van der Waals surface area contributed by atoms with E-state index >= 15 is 0 Å². The number of rotatable bonds is 7. The number of ketones is 1. The number of carbonyl (C=O) groups excluding carboxylic acids is 1. The lowest BCUT2D eigenvalue weighted by Crippen LogP contribution is -2.04. The first kappa shape index (κ1) is 15.0. The average molecular weight is 282 g/mol. The van der Waals surface area contributed by atoms with Crippen LogP contribution in [0.15, 0.2) is 60.7 Å². The van der Waals surface area contributed by atoms with Crippen molar-refractivity contribution in [1.82, 2.24) is 0 Å². The van der Waals surface area contributed by atoms with E-state index in [1.165, 1.54) is 0 Å². The molecule has 0 heterocycles. The van der Waals surface area contributed by atoms with E-state index in [0.29, 0.717) is 18.8 Å². The van der Waals surface area contributed by atoms with E-state index in [0.717, 1.165) is 11.3 Å². The first-order valence-electron chi connectivity index (χ1n) is 6.79. The zero-order chi connectivity index (χ0) is 14.9. The molecule has 0 bridgehead atoms. The summed E-state index contributed by atoms with van der Waals surface area (Å²) < 4.78 is 10.5. The van der Waals surface area contributed by atoms with Gasteiger partial charge in [-0.1, -0.05) is 48.5 Å². The number of ether oxygens (including phenoxy) is 2. The SMILES string of the molecule is COCCOc1cccc(/C=C/C(=O)c2ccccc2)c1. The van der Waals surface area contributed by atoms with Gasteiger partial charge in [-0.15, -0.1) is 0 Å². The summed E-state index contributed by atoms with van der Waals surface area (Å²) in [5.41, 5.74) is 1.61. The summed E-state index contributed by atoms with van der Waals surface area (Å²) in [7, 11) is 1.64. The van der Waals surface area contributed by atoms with Gasteiger partial charge in [0, 0.05) is 12.7 Å². The molecule has 0 atom stereocenters. The molecule has 0 unspecified atom stereocenters. The van der Waals surface area contributed by atoms with Crippen molar-refractivity contribution < 1.29 is 14.3 Å².